The number of hydrogen-bond acceptors (Lipinski definition) is 3. The molecule has 0 N–H and O–H groups in total. The Hall–Kier alpha value is -2.10. The van der Waals surface area contributed by atoms with Gasteiger partial charge in [-0.1, -0.05) is 0 Å². The molecular formula is C21H18N2O2Se2. The van der Waals surface area contributed by atoms with Crippen molar-refractivity contribution in [1.29, 1.82) is 0 Å². The standard InChI is InChI=1S/C21H18N2O2Se2/c1-2-22-15-8-3-5-10-17(15)26-19(22)12-7-13-20-23(14-21(24)25)16-9-4-6-11-18(16)27-20/h3-13H,2,14H2,1H3. The molecule has 1 aromatic heterocycles. The van der Waals surface area contributed by atoms with Gasteiger partial charge in [-0.15, -0.1) is 0 Å². The van der Waals surface area contributed by atoms with Crippen LogP contribution in [0.5, 0.6) is 0 Å². The Kier molecular flexibility index (Phi) is 5.33. The number of carboxylic acids is 1. The third-order valence-electron chi connectivity index (χ3n) is 4.35. The van der Waals surface area contributed by atoms with E-state index >= 15 is 0 Å². The molecule has 4 rings (SSSR count). The number of aromatic nitrogens is 1. The van der Waals surface area contributed by atoms with Crippen molar-refractivity contribution < 1.29 is 14.5 Å². The van der Waals surface area contributed by atoms with Crippen molar-refractivity contribution in [3.63, 3.8) is 0 Å². The number of anilines is 1. The number of rotatable bonds is 5. The molecule has 3 aromatic rings. The fourth-order valence-corrected chi connectivity index (χ4v) is 7.83. The molecule has 0 unspecified atom stereocenters. The fourth-order valence-electron chi connectivity index (χ4n) is 3.18. The van der Waals surface area contributed by atoms with Gasteiger partial charge in [0.1, 0.15) is 0 Å². The van der Waals surface area contributed by atoms with Crippen molar-refractivity contribution in [1.82, 2.24) is 0 Å². The average Bonchev–Trinajstić information content (AvgIpc) is 3.19. The van der Waals surface area contributed by atoms with E-state index in [1.54, 1.807) is 0 Å². The van der Waals surface area contributed by atoms with E-state index in [0.29, 0.717) is 15.0 Å². The average molecular weight is 488 g/mol. The van der Waals surface area contributed by atoms with Crippen molar-refractivity contribution in [2.24, 2.45) is 0 Å². The molecule has 0 radical (unpaired) electrons. The molecule has 2 aromatic carbocycles. The summed E-state index contributed by atoms with van der Waals surface area (Å²) in [5.74, 6) is -1.06. The summed E-state index contributed by atoms with van der Waals surface area (Å²) < 4.78 is 6.88. The van der Waals surface area contributed by atoms with Gasteiger partial charge < -0.3 is 0 Å². The van der Waals surface area contributed by atoms with E-state index in [0.717, 1.165) is 16.6 Å². The van der Waals surface area contributed by atoms with Crippen molar-refractivity contribution in [3.8, 4) is 0 Å². The van der Waals surface area contributed by atoms with Crippen LogP contribution in [0.4, 0.5) is 5.69 Å². The van der Waals surface area contributed by atoms with Gasteiger partial charge >= 0.3 is 171 Å². The van der Waals surface area contributed by atoms with Crippen LogP contribution in [0.1, 0.15) is 11.5 Å². The van der Waals surface area contributed by atoms with Crippen LogP contribution < -0.4 is 19.0 Å². The molecule has 0 saturated heterocycles. The van der Waals surface area contributed by atoms with Crippen LogP contribution in [0, 0.1) is 0 Å². The fraction of sp³-hybridized carbons (Fsp3) is 0.143. The number of nitrogens with zero attached hydrogens (tertiary/aromatic N) is 2. The zero-order valence-electron chi connectivity index (χ0n) is 14.8. The quantitative estimate of drug-likeness (QED) is 0.392. The number of para-hydroxylation sites is 2. The van der Waals surface area contributed by atoms with E-state index < -0.39 is 5.97 Å². The minimum atomic E-state index is -1.06. The Labute approximate surface area is 170 Å². The molecule has 2 heterocycles. The normalized spacial score (nSPS) is 15.1. The van der Waals surface area contributed by atoms with Gasteiger partial charge in [-0.05, 0) is 0 Å². The summed E-state index contributed by atoms with van der Waals surface area (Å²) in [5.41, 5.74) is 2.30. The van der Waals surface area contributed by atoms with Gasteiger partial charge in [-0.2, -0.15) is 0 Å². The molecule has 6 heteroatoms. The van der Waals surface area contributed by atoms with Crippen LogP contribution in [0.2, 0.25) is 0 Å². The van der Waals surface area contributed by atoms with Gasteiger partial charge in [-0.3, -0.25) is 0 Å². The Bertz CT molecular complexity index is 1070. The van der Waals surface area contributed by atoms with Crippen LogP contribution in [-0.4, -0.2) is 42.0 Å². The van der Waals surface area contributed by atoms with Crippen molar-refractivity contribution in [3.05, 3.63) is 69.8 Å². The monoisotopic (exact) mass is 490 g/mol. The van der Waals surface area contributed by atoms with Crippen LogP contribution in [0.15, 0.2) is 65.3 Å². The van der Waals surface area contributed by atoms with E-state index in [1.807, 2.05) is 22.8 Å². The summed E-state index contributed by atoms with van der Waals surface area (Å²) in [7, 11) is 0. The van der Waals surface area contributed by atoms with Gasteiger partial charge in [0.15, 0.2) is 0 Å². The molecule has 0 spiro atoms. The molecule has 0 bridgehead atoms. The maximum atomic E-state index is 11.2. The number of carbonyl (C=O) groups excluding carboxylic acids is 1. The first-order valence-corrected chi connectivity index (χ1v) is 12.1. The molecule has 1 aliphatic heterocycles. The van der Waals surface area contributed by atoms with E-state index in [-0.39, 0.29) is 21.0 Å². The molecule has 27 heavy (non-hydrogen) atoms. The van der Waals surface area contributed by atoms with Gasteiger partial charge in [0.2, 0.25) is 0 Å². The third-order valence-corrected chi connectivity index (χ3v) is 9.10. The Morgan fingerprint density at radius 2 is 1.96 bits per heavy atom. The Morgan fingerprint density at radius 3 is 2.78 bits per heavy atom. The van der Waals surface area contributed by atoms with E-state index in [9.17, 15) is 9.90 Å². The predicted molar refractivity (Wildman–Crippen MR) is 108 cm³/mol. The summed E-state index contributed by atoms with van der Waals surface area (Å²) in [5, 5.41) is 11.2. The number of benzene rings is 2. The molecule has 0 saturated carbocycles. The first kappa shape index (κ1) is 18.3. The summed E-state index contributed by atoms with van der Waals surface area (Å²) >= 11 is 0.408. The van der Waals surface area contributed by atoms with E-state index in [2.05, 4.69) is 60.4 Å². The number of aliphatic carboxylic acids is 1. The molecule has 136 valence electrons. The van der Waals surface area contributed by atoms with Crippen molar-refractivity contribution in [2.45, 2.75) is 13.5 Å². The van der Waals surface area contributed by atoms with Crippen LogP contribution in [-0.2, 0) is 11.3 Å². The predicted octanol–water partition coefficient (Wildman–Crippen LogP) is 0.658. The first-order chi connectivity index (χ1) is 13.2. The topological polar surface area (TPSA) is 47.2 Å². The molecule has 4 nitrogen and oxygen atoms in total. The summed E-state index contributed by atoms with van der Waals surface area (Å²) in [6.07, 6.45) is 6.30. The first-order valence-electron chi connectivity index (χ1n) is 8.71. The molecule has 0 aliphatic carbocycles. The molecule has 0 atom stereocenters. The summed E-state index contributed by atoms with van der Waals surface area (Å²) in [4.78, 5) is 13.6. The van der Waals surface area contributed by atoms with Crippen LogP contribution in [0.3, 0.4) is 0 Å². The second-order valence-corrected chi connectivity index (χ2v) is 10.5. The summed E-state index contributed by atoms with van der Waals surface area (Å²) in [6.45, 7) is 3.01. The van der Waals surface area contributed by atoms with Gasteiger partial charge in [0, 0.05) is 0 Å². The minimum absolute atomic E-state index is 0.106. The van der Waals surface area contributed by atoms with Crippen molar-refractivity contribution in [2.75, 3.05) is 11.4 Å². The Morgan fingerprint density at radius 1 is 1.19 bits per heavy atom. The van der Waals surface area contributed by atoms with Crippen LogP contribution in [0.25, 0.3) is 15.9 Å². The van der Waals surface area contributed by atoms with Crippen molar-refractivity contribution >= 4 is 61.4 Å². The summed E-state index contributed by atoms with van der Waals surface area (Å²) in [6, 6.07) is 16.6. The number of carbonyl (C=O) groups is 1. The maximum absolute atomic E-state index is 11.2. The molecular weight excluding hydrogens is 470 g/mol. The number of fused-ring (bicyclic) bond motifs is 2. The number of allylic oxidation sites excluding steroid dienone is 2. The Balaban J connectivity index is 1.66. The molecule has 0 amide bonds. The van der Waals surface area contributed by atoms with Crippen LogP contribution >= 0.6 is 0 Å². The van der Waals surface area contributed by atoms with Gasteiger partial charge in [0.05, 0.1) is 0 Å². The molecule has 0 fully saturated rings. The van der Waals surface area contributed by atoms with E-state index in [1.165, 1.54) is 19.0 Å². The zero-order chi connectivity index (χ0) is 18.8. The van der Waals surface area contributed by atoms with Gasteiger partial charge in [-0.25, -0.2) is 0 Å². The molecule has 1 aliphatic rings. The number of carboxylic acid groups (broad SMARTS) is 1. The third kappa shape index (κ3) is 3.67. The second-order valence-electron chi connectivity index (χ2n) is 6.04. The van der Waals surface area contributed by atoms with E-state index in [4.69, 9.17) is 0 Å². The number of hydrogen-bond donors (Lipinski definition) is 0. The second kappa shape index (κ2) is 7.87. The zero-order valence-corrected chi connectivity index (χ0v) is 18.2. The van der Waals surface area contributed by atoms with Gasteiger partial charge in [0.25, 0.3) is 0 Å². The SMILES string of the molecule is CCN1/C(=C\C=C\c2[se]c3ccccc3[n+]2CC(=O)[O-])[Se]c2ccccc21.